The van der Waals surface area contributed by atoms with Gasteiger partial charge in [0, 0.05) is 31.6 Å². The van der Waals surface area contributed by atoms with E-state index in [0.717, 1.165) is 25.9 Å². The molecule has 0 spiro atoms. The van der Waals surface area contributed by atoms with Gasteiger partial charge in [-0.1, -0.05) is 12.8 Å². The van der Waals surface area contributed by atoms with E-state index < -0.39 is 0 Å². The van der Waals surface area contributed by atoms with Gasteiger partial charge in [-0.15, -0.1) is 0 Å². The van der Waals surface area contributed by atoms with E-state index in [1.165, 1.54) is 25.7 Å². The van der Waals surface area contributed by atoms with Crippen molar-refractivity contribution < 1.29 is 4.79 Å². The van der Waals surface area contributed by atoms with Gasteiger partial charge in [0.2, 0.25) is 5.91 Å². The third kappa shape index (κ3) is 6.39. The summed E-state index contributed by atoms with van der Waals surface area (Å²) >= 11 is 0. The molecule has 1 aliphatic carbocycles. The molecule has 0 bridgehead atoms. The van der Waals surface area contributed by atoms with Crippen LogP contribution in [0.15, 0.2) is 0 Å². The maximum absolute atomic E-state index is 12.4. The zero-order valence-electron chi connectivity index (χ0n) is 12.9. The molecule has 1 atom stereocenters. The number of carbonyl (C=O) groups excluding carboxylic acids is 1. The van der Waals surface area contributed by atoms with Crippen LogP contribution in [0.2, 0.25) is 0 Å². The second-order valence-corrected chi connectivity index (χ2v) is 6.20. The van der Waals surface area contributed by atoms with E-state index in [9.17, 15) is 4.79 Å². The standard InChI is InChI=1S/C15H31N3O/c1-13(16)7-6-10-15(19)18(12-11-17(2)3)14-8-4-5-9-14/h13-14H,4-12,16H2,1-3H3. The van der Waals surface area contributed by atoms with E-state index in [2.05, 4.69) is 23.9 Å². The van der Waals surface area contributed by atoms with Gasteiger partial charge in [0.25, 0.3) is 0 Å². The highest BCUT2D eigenvalue weighted by Gasteiger charge is 2.25. The largest absolute Gasteiger partial charge is 0.338 e. The van der Waals surface area contributed by atoms with Gasteiger partial charge in [-0.25, -0.2) is 0 Å². The number of hydrogen-bond donors (Lipinski definition) is 1. The lowest BCUT2D eigenvalue weighted by Crippen LogP contribution is -2.42. The Hall–Kier alpha value is -0.610. The summed E-state index contributed by atoms with van der Waals surface area (Å²) in [6, 6.07) is 0.692. The number of likely N-dealkylation sites (N-methyl/N-ethyl adjacent to an activating group) is 1. The van der Waals surface area contributed by atoms with E-state index >= 15 is 0 Å². The highest BCUT2D eigenvalue weighted by Crippen LogP contribution is 2.24. The van der Waals surface area contributed by atoms with Crippen molar-refractivity contribution in [1.29, 1.82) is 0 Å². The maximum atomic E-state index is 12.4. The fourth-order valence-electron chi connectivity index (χ4n) is 2.75. The third-order valence-electron chi connectivity index (χ3n) is 3.92. The third-order valence-corrected chi connectivity index (χ3v) is 3.92. The van der Waals surface area contributed by atoms with Crippen molar-refractivity contribution in [2.24, 2.45) is 5.73 Å². The van der Waals surface area contributed by atoms with Gasteiger partial charge in [-0.05, 0) is 46.7 Å². The fraction of sp³-hybridized carbons (Fsp3) is 0.933. The molecule has 0 aliphatic heterocycles. The Morgan fingerprint density at radius 3 is 2.42 bits per heavy atom. The highest BCUT2D eigenvalue weighted by atomic mass is 16.2. The molecule has 1 amide bonds. The molecule has 1 aliphatic rings. The summed E-state index contributed by atoms with van der Waals surface area (Å²) in [5, 5.41) is 0. The number of amides is 1. The molecular weight excluding hydrogens is 238 g/mol. The van der Waals surface area contributed by atoms with Crippen LogP contribution in [0.4, 0.5) is 0 Å². The first kappa shape index (κ1) is 16.4. The highest BCUT2D eigenvalue weighted by molar-refractivity contribution is 5.76. The molecular formula is C15H31N3O. The Balaban J connectivity index is 2.43. The average Bonchev–Trinajstić information content (AvgIpc) is 2.82. The first-order valence-electron chi connectivity index (χ1n) is 7.70. The number of nitrogens with zero attached hydrogens (tertiary/aromatic N) is 2. The number of rotatable bonds is 8. The summed E-state index contributed by atoms with van der Waals surface area (Å²) in [5.41, 5.74) is 5.74. The summed E-state index contributed by atoms with van der Waals surface area (Å²) in [5.74, 6) is 0.328. The topological polar surface area (TPSA) is 49.6 Å². The van der Waals surface area contributed by atoms with Crippen molar-refractivity contribution in [3.63, 3.8) is 0 Å². The van der Waals surface area contributed by atoms with E-state index in [1.807, 2.05) is 6.92 Å². The SMILES string of the molecule is CC(N)CCCC(=O)N(CCN(C)C)C1CCCC1. The Bertz CT molecular complexity index is 260. The lowest BCUT2D eigenvalue weighted by atomic mass is 10.1. The van der Waals surface area contributed by atoms with Crippen LogP contribution < -0.4 is 5.73 Å². The zero-order chi connectivity index (χ0) is 14.3. The molecule has 1 saturated carbocycles. The van der Waals surface area contributed by atoms with Crippen molar-refractivity contribution in [2.45, 2.75) is 64.0 Å². The molecule has 4 nitrogen and oxygen atoms in total. The van der Waals surface area contributed by atoms with Gasteiger partial charge in [-0.2, -0.15) is 0 Å². The van der Waals surface area contributed by atoms with Gasteiger partial charge in [0.05, 0.1) is 0 Å². The Kier molecular flexibility index (Phi) is 7.39. The lowest BCUT2D eigenvalue weighted by molar-refractivity contribution is -0.133. The molecule has 2 N–H and O–H groups in total. The first-order chi connectivity index (χ1) is 9.00. The molecule has 19 heavy (non-hydrogen) atoms. The van der Waals surface area contributed by atoms with Crippen molar-refractivity contribution in [3.05, 3.63) is 0 Å². The van der Waals surface area contributed by atoms with Gasteiger partial charge < -0.3 is 15.5 Å². The van der Waals surface area contributed by atoms with Crippen LogP contribution in [-0.2, 0) is 4.79 Å². The summed E-state index contributed by atoms with van der Waals surface area (Å²) in [6.45, 7) is 3.83. The Morgan fingerprint density at radius 1 is 1.26 bits per heavy atom. The molecule has 0 heterocycles. The second kappa shape index (κ2) is 8.54. The van der Waals surface area contributed by atoms with Crippen LogP contribution in [0.25, 0.3) is 0 Å². The van der Waals surface area contributed by atoms with Crippen LogP contribution in [0.5, 0.6) is 0 Å². The van der Waals surface area contributed by atoms with E-state index in [4.69, 9.17) is 5.73 Å². The van der Waals surface area contributed by atoms with Crippen molar-refractivity contribution >= 4 is 5.91 Å². The molecule has 1 fully saturated rings. The lowest BCUT2D eigenvalue weighted by Gasteiger charge is -2.30. The van der Waals surface area contributed by atoms with Crippen LogP contribution in [0.3, 0.4) is 0 Å². The Labute approximate surface area is 118 Å². The molecule has 0 radical (unpaired) electrons. The Morgan fingerprint density at radius 2 is 1.89 bits per heavy atom. The maximum Gasteiger partial charge on any atom is 0.222 e. The average molecular weight is 269 g/mol. The van der Waals surface area contributed by atoms with Gasteiger partial charge >= 0.3 is 0 Å². The zero-order valence-corrected chi connectivity index (χ0v) is 12.9. The number of nitrogens with two attached hydrogens (primary N) is 1. The predicted octanol–water partition coefficient (Wildman–Crippen LogP) is 1.84. The van der Waals surface area contributed by atoms with Crippen LogP contribution >= 0.6 is 0 Å². The monoisotopic (exact) mass is 269 g/mol. The van der Waals surface area contributed by atoms with Crippen LogP contribution in [-0.4, -0.2) is 55.0 Å². The minimum Gasteiger partial charge on any atom is -0.338 e. The molecule has 0 aromatic rings. The smallest absolute Gasteiger partial charge is 0.222 e. The van der Waals surface area contributed by atoms with E-state index in [-0.39, 0.29) is 6.04 Å². The predicted molar refractivity (Wildman–Crippen MR) is 80.0 cm³/mol. The summed E-state index contributed by atoms with van der Waals surface area (Å²) < 4.78 is 0. The molecule has 0 aromatic carbocycles. The first-order valence-corrected chi connectivity index (χ1v) is 7.70. The minimum atomic E-state index is 0.203. The molecule has 0 saturated heterocycles. The van der Waals surface area contributed by atoms with Crippen LogP contribution in [0, 0.1) is 0 Å². The quantitative estimate of drug-likeness (QED) is 0.731. The molecule has 4 heteroatoms. The number of carbonyl (C=O) groups is 1. The van der Waals surface area contributed by atoms with Gasteiger partial charge in [-0.3, -0.25) is 4.79 Å². The van der Waals surface area contributed by atoms with Crippen molar-refractivity contribution in [2.75, 3.05) is 27.2 Å². The minimum absolute atomic E-state index is 0.203. The summed E-state index contributed by atoms with van der Waals surface area (Å²) in [7, 11) is 4.13. The summed E-state index contributed by atoms with van der Waals surface area (Å²) in [6.07, 6.45) is 7.44. The summed E-state index contributed by atoms with van der Waals surface area (Å²) in [4.78, 5) is 16.7. The van der Waals surface area contributed by atoms with E-state index in [1.54, 1.807) is 0 Å². The van der Waals surface area contributed by atoms with Crippen molar-refractivity contribution in [1.82, 2.24) is 9.80 Å². The van der Waals surface area contributed by atoms with Crippen molar-refractivity contribution in [3.8, 4) is 0 Å². The fourth-order valence-corrected chi connectivity index (χ4v) is 2.75. The normalized spacial score (nSPS) is 17.9. The number of hydrogen-bond acceptors (Lipinski definition) is 3. The second-order valence-electron chi connectivity index (χ2n) is 6.20. The molecule has 0 aromatic heterocycles. The van der Waals surface area contributed by atoms with Crippen LogP contribution in [0.1, 0.15) is 51.9 Å². The molecule has 1 unspecified atom stereocenters. The molecule has 112 valence electrons. The van der Waals surface area contributed by atoms with Gasteiger partial charge in [0.15, 0.2) is 0 Å². The van der Waals surface area contributed by atoms with E-state index in [0.29, 0.717) is 18.4 Å². The molecule has 1 rings (SSSR count). The van der Waals surface area contributed by atoms with Gasteiger partial charge in [0.1, 0.15) is 0 Å².